The average molecular weight is 299 g/mol. The van der Waals surface area contributed by atoms with E-state index in [-0.39, 0.29) is 6.04 Å². The van der Waals surface area contributed by atoms with Gasteiger partial charge < -0.3 is 0 Å². The summed E-state index contributed by atoms with van der Waals surface area (Å²) in [5.41, 5.74) is 5.48. The molecule has 3 N–H and O–H groups in total. The number of unbranched alkanes of at least 4 members (excludes halogenated alkanes) is 3. The molecule has 0 aliphatic heterocycles. The fourth-order valence-electron chi connectivity index (χ4n) is 2.03. The van der Waals surface area contributed by atoms with Gasteiger partial charge in [-0.2, -0.15) is 0 Å². The molecule has 3 heteroatoms. The zero-order chi connectivity index (χ0) is 12.7. The predicted molar refractivity (Wildman–Crippen MR) is 77.7 cm³/mol. The molecule has 0 radical (unpaired) electrons. The number of halogens is 1. The average Bonchev–Trinajstić information content (AvgIpc) is 2.33. The minimum absolute atomic E-state index is 0.251. The molecule has 1 aromatic carbocycles. The number of hydrogen-bond donors (Lipinski definition) is 2. The van der Waals surface area contributed by atoms with Gasteiger partial charge in [0.25, 0.3) is 0 Å². The first kappa shape index (κ1) is 14.7. The van der Waals surface area contributed by atoms with Crippen molar-refractivity contribution >= 4 is 15.9 Å². The zero-order valence-corrected chi connectivity index (χ0v) is 12.4. The molecule has 0 heterocycles. The highest BCUT2D eigenvalue weighted by Gasteiger charge is 2.12. The van der Waals surface area contributed by atoms with Gasteiger partial charge in [-0.3, -0.25) is 11.3 Å². The number of rotatable bonds is 7. The second-order valence-electron chi connectivity index (χ2n) is 4.59. The van der Waals surface area contributed by atoms with E-state index in [0.29, 0.717) is 0 Å². The van der Waals surface area contributed by atoms with E-state index in [2.05, 4.69) is 53.4 Å². The van der Waals surface area contributed by atoms with Crippen molar-refractivity contribution in [1.29, 1.82) is 0 Å². The van der Waals surface area contributed by atoms with Crippen LogP contribution >= 0.6 is 15.9 Å². The van der Waals surface area contributed by atoms with Crippen LogP contribution in [0.15, 0.2) is 22.7 Å². The molecule has 0 saturated heterocycles. The Morgan fingerprint density at radius 2 is 2.06 bits per heavy atom. The molecule has 1 rings (SSSR count). The molecule has 1 aromatic rings. The molecule has 1 atom stereocenters. The molecule has 2 nitrogen and oxygen atoms in total. The second-order valence-corrected chi connectivity index (χ2v) is 5.45. The molecule has 0 fully saturated rings. The van der Waals surface area contributed by atoms with Crippen LogP contribution in [0.2, 0.25) is 0 Å². The summed E-state index contributed by atoms with van der Waals surface area (Å²) < 4.78 is 1.14. The van der Waals surface area contributed by atoms with Gasteiger partial charge >= 0.3 is 0 Å². The molecule has 0 amide bonds. The van der Waals surface area contributed by atoms with Crippen LogP contribution in [0.1, 0.15) is 56.2 Å². The first-order valence-corrected chi connectivity index (χ1v) is 7.20. The number of nitrogens with one attached hydrogen (secondary N) is 1. The van der Waals surface area contributed by atoms with Gasteiger partial charge in [-0.25, -0.2) is 0 Å². The molecule has 0 aliphatic rings. The lowest BCUT2D eigenvalue weighted by atomic mass is 9.99. The molecule has 0 spiro atoms. The Kier molecular flexibility index (Phi) is 6.78. The van der Waals surface area contributed by atoms with Gasteiger partial charge in [-0.1, -0.05) is 66.2 Å². The first-order valence-electron chi connectivity index (χ1n) is 6.41. The minimum Gasteiger partial charge on any atom is -0.271 e. The maximum absolute atomic E-state index is 5.67. The fraction of sp³-hybridized carbons (Fsp3) is 0.571. The number of nitrogens with two attached hydrogens (primary N) is 1. The number of hydrazine groups is 1. The summed E-state index contributed by atoms with van der Waals surface area (Å²) in [5.74, 6) is 5.67. The van der Waals surface area contributed by atoms with Crippen molar-refractivity contribution < 1.29 is 0 Å². The summed E-state index contributed by atoms with van der Waals surface area (Å²) in [4.78, 5) is 0. The Balaban J connectivity index is 2.62. The summed E-state index contributed by atoms with van der Waals surface area (Å²) in [6, 6.07) is 6.66. The van der Waals surface area contributed by atoms with Crippen LogP contribution < -0.4 is 11.3 Å². The van der Waals surface area contributed by atoms with Crippen LogP contribution in [0.4, 0.5) is 0 Å². The molecule has 0 aliphatic carbocycles. The molecule has 96 valence electrons. The number of aryl methyl sites for hydroxylation is 1. The van der Waals surface area contributed by atoms with Crippen LogP contribution in [-0.4, -0.2) is 0 Å². The Labute approximate surface area is 113 Å². The summed E-state index contributed by atoms with van der Waals surface area (Å²) >= 11 is 3.60. The molecule has 0 aromatic heterocycles. The Morgan fingerprint density at radius 3 is 2.71 bits per heavy atom. The van der Waals surface area contributed by atoms with E-state index >= 15 is 0 Å². The smallest absolute Gasteiger partial charge is 0.0471 e. The van der Waals surface area contributed by atoms with E-state index in [4.69, 9.17) is 5.84 Å². The maximum Gasteiger partial charge on any atom is 0.0471 e. The standard InChI is InChI=1S/C14H23BrN2/c1-3-4-5-6-7-14(17-16)12-10-11(2)8-9-13(12)15/h8-10,14,17H,3-7,16H2,1-2H3. The largest absolute Gasteiger partial charge is 0.271 e. The molecular weight excluding hydrogens is 276 g/mol. The quantitative estimate of drug-likeness (QED) is 0.449. The van der Waals surface area contributed by atoms with Crippen LogP contribution in [0.25, 0.3) is 0 Å². The lowest BCUT2D eigenvalue weighted by molar-refractivity contribution is 0.480. The highest BCUT2D eigenvalue weighted by atomic mass is 79.9. The Bertz CT molecular complexity index is 339. The summed E-state index contributed by atoms with van der Waals surface area (Å²) in [7, 11) is 0. The number of benzene rings is 1. The van der Waals surface area contributed by atoms with E-state index in [1.807, 2.05) is 0 Å². The van der Waals surface area contributed by atoms with Crippen molar-refractivity contribution in [1.82, 2.24) is 5.43 Å². The van der Waals surface area contributed by atoms with E-state index in [0.717, 1.165) is 10.9 Å². The van der Waals surface area contributed by atoms with Crippen LogP contribution in [0.3, 0.4) is 0 Å². The molecular formula is C14H23BrN2. The van der Waals surface area contributed by atoms with Crippen molar-refractivity contribution in [2.45, 2.75) is 52.0 Å². The SMILES string of the molecule is CCCCCCC(NN)c1cc(C)ccc1Br. The second kappa shape index (κ2) is 7.85. The highest BCUT2D eigenvalue weighted by molar-refractivity contribution is 9.10. The first-order chi connectivity index (χ1) is 8.19. The van der Waals surface area contributed by atoms with Crippen molar-refractivity contribution in [3.8, 4) is 0 Å². The van der Waals surface area contributed by atoms with Crippen molar-refractivity contribution in [3.05, 3.63) is 33.8 Å². The van der Waals surface area contributed by atoms with Crippen LogP contribution in [0, 0.1) is 6.92 Å². The van der Waals surface area contributed by atoms with Crippen molar-refractivity contribution in [3.63, 3.8) is 0 Å². The lowest BCUT2D eigenvalue weighted by Gasteiger charge is -2.18. The number of hydrogen-bond acceptors (Lipinski definition) is 2. The van der Waals surface area contributed by atoms with Gasteiger partial charge in [0.2, 0.25) is 0 Å². The fourth-order valence-corrected chi connectivity index (χ4v) is 2.56. The third kappa shape index (κ3) is 4.78. The van der Waals surface area contributed by atoms with Gasteiger partial charge in [0, 0.05) is 10.5 Å². The predicted octanol–water partition coefficient (Wildman–Crippen LogP) is 4.23. The van der Waals surface area contributed by atoms with Crippen LogP contribution in [0.5, 0.6) is 0 Å². The van der Waals surface area contributed by atoms with E-state index in [9.17, 15) is 0 Å². The van der Waals surface area contributed by atoms with Crippen LogP contribution in [-0.2, 0) is 0 Å². The normalized spacial score (nSPS) is 12.7. The van der Waals surface area contributed by atoms with Gasteiger partial charge in [0.1, 0.15) is 0 Å². The third-order valence-corrected chi connectivity index (χ3v) is 3.80. The zero-order valence-electron chi connectivity index (χ0n) is 10.8. The van der Waals surface area contributed by atoms with Gasteiger partial charge in [0.15, 0.2) is 0 Å². The minimum atomic E-state index is 0.251. The summed E-state index contributed by atoms with van der Waals surface area (Å²) in [6.07, 6.45) is 6.20. The summed E-state index contributed by atoms with van der Waals surface area (Å²) in [6.45, 7) is 4.34. The lowest BCUT2D eigenvalue weighted by Crippen LogP contribution is -2.28. The Morgan fingerprint density at radius 1 is 1.29 bits per heavy atom. The topological polar surface area (TPSA) is 38.0 Å². The monoisotopic (exact) mass is 298 g/mol. The molecule has 0 bridgehead atoms. The molecule has 0 saturated carbocycles. The highest BCUT2D eigenvalue weighted by Crippen LogP contribution is 2.27. The van der Waals surface area contributed by atoms with Crippen molar-refractivity contribution in [2.24, 2.45) is 5.84 Å². The van der Waals surface area contributed by atoms with Gasteiger partial charge in [-0.15, -0.1) is 0 Å². The third-order valence-electron chi connectivity index (χ3n) is 3.07. The molecule has 1 unspecified atom stereocenters. The van der Waals surface area contributed by atoms with Gasteiger partial charge in [0.05, 0.1) is 0 Å². The maximum atomic E-state index is 5.67. The summed E-state index contributed by atoms with van der Waals surface area (Å²) in [5, 5.41) is 0. The van der Waals surface area contributed by atoms with Gasteiger partial charge in [-0.05, 0) is 25.0 Å². The molecule has 17 heavy (non-hydrogen) atoms. The van der Waals surface area contributed by atoms with E-state index < -0.39 is 0 Å². The van der Waals surface area contributed by atoms with E-state index in [1.165, 1.54) is 36.8 Å². The van der Waals surface area contributed by atoms with E-state index in [1.54, 1.807) is 0 Å². The van der Waals surface area contributed by atoms with Crippen molar-refractivity contribution in [2.75, 3.05) is 0 Å². The Hall–Kier alpha value is -0.380.